The largest absolute Gasteiger partial charge is 0.444 e. The van der Waals surface area contributed by atoms with E-state index in [2.05, 4.69) is 15.5 Å². The minimum absolute atomic E-state index is 0.256. The van der Waals surface area contributed by atoms with Gasteiger partial charge in [0.15, 0.2) is 0 Å². The van der Waals surface area contributed by atoms with Crippen LogP contribution in [-0.2, 0) is 4.74 Å². The Labute approximate surface area is 128 Å². The fourth-order valence-electron chi connectivity index (χ4n) is 3.27. The van der Waals surface area contributed by atoms with E-state index in [9.17, 15) is 4.79 Å². The van der Waals surface area contributed by atoms with Gasteiger partial charge < -0.3 is 20.3 Å². The van der Waals surface area contributed by atoms with Crippen molar-refractivity contribution in [2.45, 2.75) is 70.6 Å². The monoisotopic (exact) mass is 297 g/mol. The lowest BCUT2D eigenvalue weighted by Gasteiger charge is -2.33. The lowest BCUT2D eigenvalue weighted by Crippen LogP contribution is -2.44. The van der Waals surface area contributed by atoms with E-state index in [0.717, 1.165) is 51.5 Å². The maximum atomic E-state index is 11.9. The molecule has 2 saturated heterocycles. The van der Waals surface area contributed by atoms with Crippen LogP contribution < -0.4 is 10.6 Å². The van der Waals surface area contributed by atoms with Gasteiger partial charge in [0.1, 0.15) is 5.60 Å². The van der Waals surface area contributed by atoms with Crippen LogP contribution in [0, 0.1) is 0 Å². The van der Waals surface area contributed by atoms with Crippen LogP contribution in [0.3, 0.4) is 0 Å². The maximum Gasteiger partial charge on any atom is 0.407 e. The standard InChI is InChI=1S/C16H31N3O2/c1-16(2,3)21-15(20)18-13-5-4-11-19(12-8-13)14-6-9-17-10-7-14/h13-14,17H,4-12H2,1-3H3,(H,18,20). The second kappa shape index (κ2) is 7.45. The Morgan fingerprint density at radius 2 is 1.86 bits per heavy atom. The van der Waals surface area contributed by atoms with Gasteiger partial charge in [0.2, 0.25) is 0 Å². The topological polar surface area (TPSA) is 53.6 Å². The van der Waals surface area contributed by atoms with Crippen LogP contribution in [0.5, 0.6) is 0 Å². The van der Waals surface area contributed by atoms with E-state index in [1.54, 1.807) is 0 Å². The highest BCUT2D eigenvalue weighted by atomic mass is 16.6. The van der Waals surface area contributed by atoms with Gasteiger partial charge in [-0.25, -0.2) is 4.79 Å². The highest BCUT2D eigenvalue weighted by Gasteiger charge is 2.26. The summed E-state index contributed by atoms with van der Waals surface area (Å²) >= 11 is 0. The summed E-state index contributed by atoms with van der Waals surface area (Å²) in [5.41, 5.74) is -0.421. The number of hydrogen-bond donors (Lipinski definition) is 2. The Balaban J connectivity index is 1.76. The number of alkyl carbamates (subject to hydrolysis) is 1. The maximum absolute atomic E-state index is 11.9. The van der Waals surface area contributed by atoms with E-state index in [0.29, 0.717) is 0 Å². The number of rotatable bonds is 2. The summed E-state index contributed by atoms with van der Waals surface area (Å²) in [6.45, 7) is 10.2. The smallest absolute Gasteiger partial charge is 0.407 e. The van der Waals surface area contributed by atoms with Crippen LogP contribution in [0.15, 0.2) is 0 Å². The summed E-state index contributed by atoms with van der Waals surface area (Å²) in [5.74, 6) is 0. The second-order valence-corrected chi connectivity index (χ2v) is 7.29. The number of carbonyl (C=O) groups excluding carboxylic acids is 1. The zero-order valence-corrected chi connectivity index (χ0v) is 13.8. The quantitative estimate of drug-likeness (QED) is 0.820. The highest BCUT2D eigenvalue weighted by molar-refractivity contribution is 5.68. The highest BCUT2D eigenvalue weighted by Crippen LogP contribution is 2.18. The molecule has 2 rings (SSSR count). The van der Waals surface area contributed by atoms with Gasteiger partial charge in [0.05, 0.1) is 0 Å². The van der Waals surface area contributed by atoms with Crippen molar-refractivity contribution in [3.05, 3.63) is 0 Å². The predicted octanol–water partition coefficient (Wildman–Crippen LogP) is 2.12. The molecule has 0 radical (unpaired) electrons. The van der Waals surface area contributed by atoms with Crippen LogP contribution in [0.4, 0.5) is 4.79 Å². The average molecular weight is 297 g/mol. The van der Waals surface area contributed by atoms with Crippen LogP contribution in [0.25, 0.3) is 0 Å². The van der Waals surface area contributed by atoms with E-state index in [1.807, 2.05) is 20.8 Å². The fourth-order valence-corrected chi connectivity index (χ4v) is 3.27. The van der Waals surface area contributed by atoms with Crippen LogP contribution in [-0.4, -0.2) is 54.9 Å². The molecule has 2 fully saturated rings. The number of likely N-dealkylation sites (tertiary alicyclic amines) is 1. The molecule has 0 aromatic carbocycles. The van der Waals surface area contributed by atoms with Gasteiger partial charge in [-0.3, -0.25) is 0 Å². The van der Waals surface area contributed by atoms with Crippen molar-refractivity contribution in [2.24, 2.45) is 0 Å². The predicted molar refractivity (Wildman–Crippen MR) is 84.5 cm³/mol. The molecule has 5 heteroatoms. The van der Waals surface area contributed by atoms with Crippen LogP contribution in [0.2, 0.25) is 0 Å². The zero-order valence-electron chi connectivity index (χ0n) is 13.8. The number of carbonyl (C=O) groups is 1. The van der Waals surface area contributed by atoms with Gasteiger partial charge in [-0.05, 0) is 72.5 Å². The molecule has 5 nitrogen and oxygen atoms in total. The lowest BCUT2D eigenvalue weighted by atomic mass is 10.0. The van der Waals surface area contributed by atoms with Crippen molar-refractivity contribution in [1.29, 1.82) is 0 Å². The third kappa shape index (κ3) is 5.83. The summed E-state index contributed by atoms with van der Waals surface area (Å²) in [6.07, 6.45) is 5.48. The second-order valence-electron chi connectivity index (χ2n) is 7.29. The molecule has 2 heterocycles. The first-order valence-electron chi connectivity index (χ1n) is 8.38. The molecular weight excluding hydrogens is 266 g/mol. The molecule has 0 aromatic rings. The van der Waals surface area contributed by atoms with Crippen molar-refractivity contribution in [1.82, 2.24) is 15.5 Å². The number of hydrogen-bond acceptors (Lipinski definition) is 4. The number of nitrogens with one attached hydrogen (secondary N) is 2. The van der Waals surface area contributed by atoms with Crippen molar-refractivity contribution < 1.29 is 9.53 Å². The first-order valence-corrected chi connectivity index (χ1v) is 8.38. The number of piperidine rings is 1. The SMILES string of the molecule is CC(C)(C)OC(=O)NC1CCCN(C2CCNCC2)CC1. The third-order valence-corrected chi connectivity index (χ3v) is 4.31. The van der Waals surface area contributed by atoms with E-state index in [-0.39, 0.29) is 12.1 Å². The zero-order chi connectivity index (χ0) is 15.3. The van der Waals surface area contributed by atoms with E-state index >= 15 is 0 Å². The Morgan fingerprint density at radius 3 is 2.52 bits per heavy atom. The number of ether oxygens (including phenoxy) is 1. The first kappa shape index (κ1) is 16.6. The van der Waals surface area contributed by atoms with E-state index in [1.165, 1.54) is 12.8 Å². The summed E-state index contributed by atoms with van der Waals surface area (Å²) in [7, 11) is 0. The molecule has 2 N–H and O–H groups in total. The molecule has 1 unspecified atom stereocenters. The normalized spacial score (nSPS) is 26.1. The molecule has 2 aliphatic rings. The lowest BCUT2D eigenvalue weighted by molar-refractivity contribution is 0.0499. The Kier molecular flexibility index (Phi) is 5.88. The first-order chi connectivity index (χ1) is 9.94. The Bertz CT molecular complexity index is 335. The summed E-state index contributed by atoms with van der Waals surface area (Å²) in [4.78, 5) is 14.5. The summed E-state index contributed by atoms with van der Waals surface area (Å²) < 4.78 is 5.35. The van der Waals surface area contributed by atoms with Crippen molar-refractivity contribution in [2.75, 3.05) is 26.2 Å². The molecular formula is C16H31N3O2. The molecule has 21 heavy (non-hydrogen) atoms. The van der Waals surface area contributed by atoms with Gasteiger partial charge in [-0.15, -0.1) is 0 Å². The summed E-state index contributed by atoms with van der Waals surface area (Å²) in [6, 6.07) is 0.984. The minimum Gasteiger partial charge on any atom is -0.444 e. The van der Waals surface area contributed by atoms with Gasteiger partial charge in [-0.1, -0.05) is 0 Å². The number of nitrogens with zero attached hydrogens (tertiary/aromatic N) is 1. The molecule has 0 aromatic heterocycles. The van der Waals surface area contributed by atoms with Crippen LogP contribution >= 0.6 is 0 Å². The Hall–Kier alpha value is -0.810. The third-order valence-electron chi connectivity index (χ3n) is 4.31. The average Bonchev–Trinajstić information content (AvgIpc) is 2.63. The number of amides is 1. The molecule has 2 aliphatic heterocycles. The van der Waals surface area contributed by atoms with E-state index in [4.69, 9.17) is 4.74 Å². The molecule has 0 aliphatic carbocycles. The van der Waals surface area contributed by atoms with Crippen LogP contribution in [0.1, 0.15) is 52.9 Å². The molecule has 1 atom stereocenters. The van der Waals surface area contributed by atoms with Gasteiger partial charge in [0, 0.05) is 18.6 Å². The fraction of sp³-hybridized carbons (Fsp3) is 0.938. The molecule has 122 valence electrons. The van der Waals surface area contributed by atoms with Gasteiger partial charge in [-0.2, -0.15) is 0 Å². The van der Waals surface area contributed by atoms with Crippen molar-refractivity contribution in [3.63, 3.8) is 0 Å². The van der Waals surface area contributed by atoms with Gasteiger partial charge in [0.25, 0.3) is 0 Å². The molecule has 1 amide bonds. The van der Waals surface area contributed by atoms with Gasteiger partial charge >= 0.3 is 6.09 Å². The molecule has 0 saturated carbocycles. The van der Waals surface area contributed by atoms with E-state index < -0.39 is 5.60 Å². The van der Waals surface area contributed by atoms with Crippen molar-refractivity contribution in [3.8, 4) is 0 Å². The molecule has 0 spiro atoms. The Morgan fingerprint density at radius 1 is 1.14 bits per heavy atom. The minimum atomic E-state index is -0.421. The summed E-state index contributed by atoms with van der Waals surface area (Å²) in [5, 5.41) is 6.46. The van der Waals surface area contributed by atoms with Crippen molar-refractivity contribution >= 4 is 6.09 Å². The molecule has 0 bridgehead atoms.